The first-order chi connectivity index (χ1) is 10.3. The van der Waals surface area contributed by atoms with Crippen molar-refractivity contribution in [3.8, 4) is 5.75 Å². The number of ether oxygens (including phenoxy) is 1. The van der Waals surface area contributed by atoms with E-state index in [-0.39, 0.29) is 27.5 Å². The lowest BCUT2D eigenvalue weighted by Crippen LogP contribution is -2.35. The van der Waals surface area contributed by atoms with Crippen molar-refractivity contribution in [1.82, 2.24) is 5.32 Å². The van der Waals surface area contributed by atoms with Gasteiger partial charge in [-0.1, -0.05) is 23.2 Å². The number of hydrogen-bond donors (Lipinski definition) is 1. The Morgan fingerprint density at radius 3 is 2.64 bits per heavy atom. The van der Waals surface area contributed by atoms with Gasteiger partial charge in [0.2, 0.25) is 4.87 Å². The molecule has 1 aliphatic rings. The number of rotatable bonds is 4. The van der Waals surface area contributed by atoms with Gasteiger partial charge in [-0.2, -0.15) is 0 Å². The first-order valence-corrected chi connectivity index (χ1v) is 8.76. The Balaban J connectivity index is 2.68. The Kier molecular flexibility index (Phi) is 5.14. The predicted molar refractivity (Wildman–Crippen MR) is 88.5 cm³/mol. The molecule has 0 saturated heterocycles. The van der Waals surface area contributed by atoms with E-state index in [0.717, 1.165) is 6.07 Å². The standard InChI is InChI=1S/C14H15Cl2FN2O2S/c1-8(2)21-12-4-9(11(17)5-10(12)15)14(22(3)20)13(16)6-18-7-19-14/h4-8H,1-3H3,(H,18,19). The van der Waals surface area contributed by atoms with Crippen molar-refractivity contribution < 1.29 is 13.3 Å². The van der Waals surface area contributed by atoms with Gasteiger partial charge in [-0.25, -0.2) is 9.38 Å². The van der Waals surface area contributed by atoms with Crippen LogP contribution in [0, 0.1) is 5.82 Å². The second-order valence-corrected chi connectivity index (χ2v) is 7.26. The molecule has 0 radical (unpaired) electrons. The second kappa shape index (κ2) is 6.56. The van der Waals surface area contributed by atoms with Gasteiger partial charge in [0.25, 0.3) is 0 Å². The highest BCUT2D eigenvalue weighted by molar-refractivity contribution is 7.85. The van der Waals surface area contributed by atoms with E-state index in [9.17, 15) is 8.60 Å². The average Bonchev–Trinajstić information content (AvgIpc) is 2.42. The Morgan fingerprint density at radius 2 is 2.09 bits per heavy atom. The zero-order valence-corrected chi connectivity index (χ0v) is 14.5. The Morgan fingerprint density at radius 1 is 1.41 bits per heavy atom. The lowest BCUT2D eigenvalue weighted by molar-refractivity contribution is 0.242. The van der Waals surface area contributed by atoms with Crippen LogP contribution in [0.15, 0.2) is 28.4 Å². The number of nitrogens with one attached hydrogen (secondary N) is 1. The third-order valence-corrected chi connectivity index (χ3v) is 5.19. The van der Waals surface area contributed by atoms with Crippen molar-refractivity contribution in [2.45, 2.75) is 24.8 Å². The molecular formula is C14H15Cl2FN2O2S. The minimum absolute atomic E-state index is 0.0485. The van der Waals surface area contributed by atoms with Crippen molar-refractivity contribution >= 4 is 40.3 Å². The van der Waals surface area contributed by atoms with Gasteiger partial charge in [0.1, 0.15) is 11.6 Å². The first kappa shape index (κ1) is 17.2. The summed E-state index contributed by atoms with van der Waals surface area (Å²) in [5.74, 6) is -0.363. The van der Waals surface area contributed by atoms with Gasteiger partial charge in [0, 0.05) is 18.0 Å². The van der Waals surface area contributed by atoms with Crippen LogP contribution in [0.3, 0.4) is 0 Å². The van der Waals surface area contributed by atoms with E-state index >= 15 is 0 Å². The highest BCUT2D eigenvalue weighted by Crippen LogP contribution is 2.43. The predicted octanol–water partition coefficient (Wildman–Crippen LogP) is 3.51. The molecule has 0 fully saturated rings. The lowest BCUT2D eigenvalue weighted by atomic mass is 10.0. The third-order valence-electron chi connectivity index (χ3n) is 3.02. The van der Waals surface area contributed by atoms with Gasteiger partial charge in [0.15, 0.2) is 0 Å². The summed E-state index contributed by atoms with van der Waals surface area (Å²) in [5, 5.41) is 2.94. The molecule has 120 valence electrons. The number of aliphatic imine (C=N–C) groups is 1. The van der Waals surface area contributed by atoms with E-state index in [1.165, 1.54) is 24.9 Å². The van der Waals surface area contributed by atoms with Crippen LogP contribution in [0.2, 0.25) is 5.02 Å². The van der Waals surface area contributed by atoms with Crippen molar-refractivity contribution in [3.63, 3.8) is 0 Å². The lowest BCUT2D eigenvalue weighted by Gasteiger charge is -2.30. The summed E-state index contributed by atoms with van der Waals surface area (Å²) in [6.07, 6.45) is 4.01. The van der Waals surface area contributed by atoms with E-state index in [1.54, 1.807) is 0 Å². The molecule has 1 N–H and O–H groups in total. The number of nitrogens with zero attached hydrogens (tertiary/aromatic N) is 1. The molecule has 0 aromatic heterocycles. The monoisotopic (exact) mass is 364 g/mol. The molecule has 8 heteroatoms. The van der Waals surface area contributed by atoms with Gasteiger partial charge >= 0.3 is 0 Å². The zero-order valence-electron chi connectivity index (χ0n) is 12.2. The maximum Gasteiger partial charge on any atom is 0.201 e. The van der Waals surface area contributed by atoms with Crippen LogP contribution in [-0.4, -0.2) is 22.9 Å². The first-order valence-electron chi connectivity index (χ1n) is 6.44. The van der Waals surface area contributed by atoms with Crippen molar-refractivity contribution in [3.05, 3.63) is 39.8 Å². The maximum atomic E-state index is 14.5. The van der Waals surface area contributed by atoms with E-state index < -0.39 is 21.5 Å². The summed E-state index contributed by atoms with van der Waals surface area (Å²) in [7, 11) is -1.61. The molecular weight excluding hydrogens is 350 g/mol. The molecule has 4 nitrogen and oxygen atoms in total. The van der Waals surface area contributed by atoms with Crippen LogP contribution in [0.1, 0.15) is 19.4 Å². The Bertz CT molecular complexity index is 679. The minimum atomic E-state index is -1.61. The fraction of sp³-hybridized carbons (Fsp3) is 0.357. The average molecular weight is 365 g/mol. The molecule has 0 saturated carbocycles. The van der Waals surface area contributed by atoms with Crippen LogP contribution in [0.4, 0.5) is 4.39 Å². The smallest absolute Gasteiger partial charge is 0.201 e. The van der Waals surface area contributed by atoms with Crippen molar-refractivity contribution in [1.29, 1.82) is 0 Å². The Hall–Kier alpha value is -1.11. The van der Waals surface area contributed by atoms with Crippen LogP contribution >= 0.6 is 23.2 Å². The molecule has 0 bridgehead atoms. The summed E-state index contributed by atoms with van der Waals surface area (Å²) in [6, 6.07) is 2.52. The van der Waals surface area contributed by atoms with Crippen molar-refractivity contribution in [2.75, 3.05) is 6.26 Å². The number of halogens is 3. The van der Waals surface area contributed by atoms with Crippen LogP contribution in [0.5, 0.6) is 5.75 Å². The summed E-state index contributed by atoms with van der Waals surface area (Å²) in [5.41, 5.74) is 0.0485. The van der Waals surface area contributed by atoms with Crippen molar-refractivity contribution in [2.24, 2.45) is 4.99 Å². The zero-order chi connectivity index (χ0) is 16.5. The summed E-state index contributed by atoms with van der Waals surface area (Å²) in [4.78, 5) is 2.63. The quantitative estimate of drug-likeness (QED) is 0.889. The largest absolute Gasteiger partial charge is 0.489 e. The summed E-state index contributed by atoms with van der Waals surface area (Å²) < 4.78 is 32.3. The SMILES string of the molecule is CC(C)Oc1cc(C2(S(C)=O)N=CNC=C2Cl)c(F)cc1Cl. The molecule has 2 atom stereocenters. The normalized spacial score (nSPS) is 22.2. The summed E-state index contributed by atoms with van der Waals surface area (Å²) in [6.45, 7) is 3.64. The Labute approximate surface area is 140 Å². The molecule has 1 aromatic rings. The van der Waals surface area contributed by atoms with Gasteiger partial charge < -0.3 is 10.1 Å². The van der Waals surface area contributed by atoms with Crippen LogP contribution in [-0.2, 0) is 15.7 Å². The van der Waals surface area contributed by atoms with Gasteiger partial charge in [-0.15, -0.1) is 0 Å². The maximum absolute atomic E-state index is 14.5. The van der Waals surface area contributed by atoms with Gasteiger partial charge in [-0.05, 0) is 26.0 Å². The topological polar surface area (TPSA) is 50.7 Å². The molecule has 0 spiro atoms. The molecule has 2 unspecified atom stereocenters. The van der Waals surface area contributed by atoms with E-state index in [2.05, 4.69) is 10.3 Å². The fourth-order valence-electron chi connectivity index (χ4n) is 2.10. The molecule has 2 rings (SSSR count). The molecule has 1 aromatic carbocycles. The van der Waals surface area contributed by atoms with E-state index in [1.807, 2.05) is 13.8 Å². The molecule has 1 heterocycles. The van der Waals surface area contributed by atoms with Gasteiger partial charge in [-0.3, -0.25) is 4.21 Å². The molecule has 22 heavy (non-hydrogen) atoms. The fourth-order valence-corrected chi connectivity index (χ4v) is 3.83. The van der Waals surface area contributed by atoms with Crippen LogP contribution < -0.4 is 10.1 Å². The van der Waals surface area contributed by atoms with Crippen LogP contribution in [0.25, 0.3) is 0 Å². The minimum Gasteiger partial charge on any atom is -0.489 e. The third kappa shape index (κ3) is 3.00. The molecule has 0 aliphatic carbocycles. The molecule has 1 aliphatic heterocycles. The number of hydrogen-bond acceptors (Lipinski definition) is 4. The second-order valence-electron chi connectivity index (χ2n) is 4.94. The van der Waals surface area contributed by atoms with E-state index in [4.69, 9.17) is 27.9 Å². The highest BCUT2D eigenvalue weighted by Gasteiger charge is 2.43. The van der Waals surface area contributed by atoms with E-state index in [0.29, 0.717) is 0 Å². The number of benzene rings is 1. The summed E-state index contributed by atoms with van der Waals surface area (Å²) >= 11 is 12.2. The van der Waals surface area contributed by atoms with Gasteiger partial charge in [0.05, 0.1) is 33.3 Å². The molecule has 0 amide bonds. The highest BCUT2D eigenvalue weighted by atomic mass is 35.5.